The Balaban J connectivity index is 1.46. The molecular weight excluding hydrogens is 488 g/mol. The highest BCUT2D eigenvalue weighted by molar-refractivity contribution is 7.91. The average Bonchev–Trinajstić information content (AvgIpc) is 3.24. The van der Waals surface area contributed by atoms with Gasteiger partial charge in [0.15, 0.2) is 14.7 Å². The molecule has 13 heteroatoms. The zero-order chi connectivity index (χ0) is 22.9. The third kappa shape index (κ3) is 3.28. The number of carbonyl (C=O) groups excluding carboxylic acids is 1. The first kappa shape index (κ1) is 20.5. The molecular formula is C20H15ClN6O4S2. The standard InChI is InChI=1S/C20H15ClN6O4S2/c1-8-6-22-15-13-11(32-16(15)18(28)24-8)3-2-9-14(13)23-7-12(25-9)31-19-17-10(26-20(21)27-19)4-5-33(17,29)30/h2-3,7-8,22H,4-6H2,1H3,(H,24,28)/t8-/m1/s1. The van der Waals surface area contributed by atoms with E-state index in [1.807, 2.05) is 13.0 Å². The Kier molecular flexibility index (Phi) is 4.48. The highest BCUT2D eigenvalue weighted by Gasteiger charge is 2.34. The fourth-order valence-corrected chi connectivity index (χ4v) is 6.84. The number of hydrogen-bond acceptors (Lipinski definition) is 10. The highest BCUT2D eigenvalue weighted by Crippen LogP contribution is 2.41. The van der Waals surface area contributed by atoms with E-state index in [2.05, 4.69) is 30.6 Å². The lowest BCUT2D eigenvalue weighted by atomic mass is 10.1. The number of hydrogen-bond donors (Lipinski definition) is 2. The summed E-state index contributed by atoms with van der Waals surface area (Å²) in [5.74, 6) is -0.284. The Morgan fingerprint density at radius 2 is 2.09 bits per heavy atom. The summed E-state index contributed by atoms with van der Waals surface area (Å²) >= 11 is 7.35. The Labute approximate surface area is 196 Å². The first-order chi connectivity index (χ1) is 15.8. The van der Waals surface area contributed by atoms with Crippen molar-refractivity contribution in [3.05, 3.63) is 34.2 Å². The van der Waals surface area contributed by atoms with Gasteiger partial charge in [-0.3, -0.25) is 4.79 Å². The molecule has 0 spiro atoms. The molecule has 1 amide bonds. The second-order valence-electron chi connectivity index (χ2n) is 7.82. The van der Waals surface area contributed by atoms with Gasteiger partial charge in [-0.2, -0.15) is 4.98 Å². The number of anilines is 1. The van der Waals surface area contributed by atoms with Crippen LogP contribution < -0.4 is 15.4 Å². The summed E-state index contributed by atoms with van der Waals surface area (Å²) in [5.41, 5.74) is 2.20. The summed E-state index contributed by atoms with van der Waals surface area (Å²) in [4.78, 5) is 30.1. The summed E-state index contributed by atoms with van der Waals surface area (Å²) in [6.07, 6.45) is 1.65. The van der Waals surface area contributed by atoms with Crippen molar-refractivity contribution in [2.24, 2.45) is 0 Å². The molecule has 5 heterocycles. The minimum Gasteiger partial charge on any atom is -0.417 e. The molecule has 0 saturated carbocycles. The molecule has 0 saturated heterocycles. The molecule has 33 heavy (non-hydrogen) atoms. The van der Waals surface area contributed by atoms with Gasteiger partial charge in [0.25, 0.3) is 5.91 Å². The van der Waals surface area contributed by atoms with Crippen molar-refractivity contribution < 1.29 is 17.9 Å². The van der Waals surface area contributed by atoms with Gasteiger partial charge >= 0.3 is 0 Å². The first-order valence-corrected chi connectivity index (χ1v) is 12.9. The van der Waals surface area contributed by atoms with Gasteiger partial charge in [-0.25, -0.2) is 23.4 Å². The van der Waals surface area contributed by atoms with Crippen LogP contribution in [-0.4, -0.2) is 52.6 Å². The van der Waals surface area contributed by atoms with E-state index in [4.69, 9.17) is 16.3 Å². The van der Waals surface area contributed by atoms with E-state index in [-0.39, 0.29) is 46.1 Å². The lowest BCUT2D eigenvalue weighted by Gasteiger charge is -2.10. The number of ether oxygens (including phenoxy) is 1. The van der Waals surface area contributed by atoms with Crippen molar-refractivity contribution in [3.8, 4) is 11.8 Å². The maximum atomic E-state index is 12.6. The molecule has 6 rings (SSSR count). The molecule has 4 aromatic rings. The van der Waals surface area contributed by atoms with Crippen LogP contribution in [0.4, 0.5) is 5.69 Å². The lowest BCUT2D eigenvalue weighted by Crippen LogP contribution is -2.34. The summed E-state index contributed by atoms with van der Waals surface area (Å²) in [5, 5.41) is 7.01. The predicted octanol–water partition coefficient (Wildman–Crippen LogP) is 2.95. The van der Waals surface area contributed by atoms with Crippen molar-refractivity contribution in [1.82, 2.24) is 25.3 Å². The van der Waals surface area contributed by atoms with Crippen LogP contribution >= 0.6 is 22.9 Å². The van der Waals surface area contributed by atoms with Crippen LogP contribution in [0.1, 0.15) is 22.3 Å². The largest absolute Gasteiger partial charge is 0.417 e. The number of aromatic nitrogens is 4. The SMILES string of the molecule is C[C@@H]1CNc2c(sc3ccc4nc(Oc5nc(Cl)nc6c5S(=O)(=O)CC6)cnc4c23)C(=O)N1. The minimum atomic E-state index is -3.56. The number of aryl methyl sites for hydroxylation is 1. The van der Waals surface area contributed by atoms with E-state index in [1.165, 1.54) is 17.5 Å². The molecule has 10 nitrogen and oxygen atoms in total. The van der Waals surface area contributed by atoms with Crippen LogP contribution in [0.3, 0.4) is 0 Å². The fourth-order valence-electron chi connectivity index (χ4n) is 4.05. The number of carbonyl (C=O) groups is 1. The van der Waals surface area contributed by atoms with E-state index in [9.17, 15) is 13.2 Å². The molecule has 1 atom stereocenters. The van der Waals surface area contributed by atoms with Crippen molar-refractivity contribution in [3.63, 3.8) is 0 Å². The van der Waals surface area contributed by atoms with Crippen molar-refractivity contribution in [2.75, 3.05) is 17.6 Å². The lowest BCUT2D eigenvalue weighted by molar-refractivity contribution is 0.0949. The van der Waals surface area contributed by atoms with E-state index in [0.717, 1.165) is 15.8 Å². The second kappa shape index (κ2) is 7.20. The topological polar surface area (TPSA) is 136 Å². The maximum Gasteiger partial charge on any atom is 0.263 e. The molecule has 0 radical (unpaired) electrons. The van der Waals surface area contributed by atoms with Gasteiger partial charge in [0.2, 0.25) is 17.0 Å². The van der Waals surface area contributed by atoms with Crippen molar-refractivity contribution in [2.45, 2.75) is 24.3 Å². The Hall–Kier alpha value is -3.09. The number of nitrogens with zero attached hydrogens (tertiary/aromatic N) is 4. The van der Waals surface area contributed by atoms with Gasteiger partial charge in [-0.1, -0.05) is 0 Å². The number of nitrogens with one attached hydrogen (secondary N) is 2. The molecule has 2 N–H and O–H groups in total. The van der Waals surface area contributed by atoms with Crippen LogP contribution in [0.15, 0.2) is 23.2 Å². The zero-order valence-corrected chi connectivity index (χ0v) is 19.4. The van der Waals surface area contributed by atoms with Gasteiger partial charge in [0, 0.05) is 29.1 Å². The highest BCUT2D eigenvalue weighted by atomic mass is 35.5. The number of benzene rings is 1. The smallest absolute Gasteiger partial charge is 0.263 e. The minimum absolute atomic E-state index is 0.00842. The number of halogens is 1. The van der Waals surface area contributed by atoms with Gasteiger partial charge in [0.05, 0.1) is 34.4 Å². The summed E-state index contributed by atoms with van der Waals surface area (Å²) in [7, 11) is -3.56. The Morgan fingerprint density at radius 1 is 1.24 bits per heavy atom. The number of fused-ring (bicyclic) bond motifs is 6. The summed E-state index contributed by atoms with van der Waals surface area (Å²) in [6, 6.07) is 3.64. The molecule has 168 valence electrons. The van der Waals surface area contributed by atoms with Crippen LogP contribution in [0.2, 0.25) is 5.28 Å². The molecule has 2 aliphatic rings. The number of sulfone groups is 1. The van der Waals surface area contributed by atoms with Gasteiger partial charge in [-0.05, 0) is 30.7 Å². The second-order valence-corrected chi connectivity index (χ2v) is 11.3. The van der Waals surface area contributed by atoms with E-state index >= 15 is 0 Å². The predicted molar refractivity (Wildman–Crippen MR) is 123 cm³/mol. The first-order valence-electron chi connectivity index (χ1n) is 10.0. The van der Waals surface area contributed by atoms with Crippen molar-refractivity contribution >= 4 is 65.5 Å². The number of thiophene rings is 1. The third-order valence-corrected chi connectivity index (χ3v) is 8.60. The molecule has 2 aliphatic heterocycles. The van der Waals surface area contributed by atoms with Crippen LogP contribution in [-0.2, 0) is 16.3 Å². The zero-order valence-electron chi connectivity index (χ0n) is 17.0. The van der Waals surface area contributed by atoms with E-state index in [1.54, 1.807) is 6.07 Å². The molecule has 0 bridgehead atoms. The molecule has 1 aromatic carbocycles. The normalized spacial score (nSPS) is 19.0. The summed E-state index contributed by atoms with van der Waals surface area (Å²) < 4.78 is 31.5. The van der Waals surface area contributed by atoms with Crippen LogP contribution in [0.5, 0.6) is 11.8 Å². The third-order valence-electron chi connectivity index (χ3n) is 5.51. The van der Waals surface area contributed by atoms with Gasteiger partial charge < -0.3 is 15.4 Å². The Morgan fingerprint density at radius 3 is 2.94 bits per heavy atom. The quantitative estimate of drug-likeness (QED) is 0.396. The van der Waals surface area contributed by atoms with Gasteiger partial charge in [-0.15, -0.1) is 11.3 Å². The average molecular weight is 503 g/mol. The Bertz CT molecular complexity index is 1600. The molecule has 0 fully saturated rings. The molecule has 0 unspecified atom stereocenters. The van der Waals surface area contributed by atoms with E-state index in [0.29, 0.717) is 28.1 Å². The summed E-state index contributed by atoms with van der Waals surface area (Å²) in [6.45, 7) is 2.52. The van der Waals surface area contributed by atoms with Gasteiger partial charge in [0.1, 0.15) is 4.88 Å². The van der Waals surface area contributed by atoms with Crippen LogP contribution in [0, 0.1) is 0 Å². The monoisotopic (exact) mass is 502 g/mol. The van der Waals surface area contributed by atoms with Crippen LogP contribution in [0.25, 0.3) is 21.1 Å². The fraction of sp³-hybridized carbons (Fsp3) is 0.250. The molecule has 0 aliphatic carbocycles. The number of rotatable bonds is 2. The number of amides is 1. The maximum absolute atomic E-state index is 12.6. The van der Waals surface area contributed by atoms with Crippen molar-refractivity contribution in [1.29, 1.82) is 0 Å². The molecule has 3 aromatic heterocycles. The van der Waals surface area contributed by atoms with E-state index < -0.39 is 9.84 Å².